The van der Waals surface area contributed by atoms with Crippen LogP contribution >= 0.6 is 15.8 Å². The average molecular weight is 864 g/mol. The van der Waals surface area contributed by atoms with Crippen LogP contribution in [0, 0.1) is 0 Å². The molecule has 6 rings (SSSR count). The molecule has 0 bridgehead atoms. The number of benzene rings is 4. The molecule has 0 atom stereocenters. The van der Waals surface area contributed by atoms with E-state index in [2.05, 4.69) is 177 Å². The van der Waals surface area contributed by atoms with Gasteiger partial charge in [-0.1, -0.05) is 155 Å². The summed E-state index contributed by atoms with van der Waals surface area (Å²) in [4.78, 5) is 0. The van der Waals surface area contributed by atoms with Crippen molar-refractivity contribution in [1.82, 2.24) is 0 Å². The second-order valence-corrected chi connectivity index (χ2v) is 19.8. The number of rotatable bonds is 8. The Balaban J connectivity index is 0.000000307. The average Bonchev–Trinajstić information content (AvgIpc) is 3.61. The van der Waals surface area contributed by atoms with E-state index in [0.717, 1.165) is 22.6 Å². The van der Waals surface area contributed by atoms with Crippen molar-refractivity contribution in [3.8, 4) is 22.3 Å². The van der Waals surface area contributed by atoms with Crippen molar-refractivity contribution in [1.29, 1.82) is 0 Å². The van der Waals surface area contributed by atoms with Gasteiger partial charge in [-0.05, 0) is 33.8 Å². The van der Waals surface area contributed by atoms with Crippen molar-refractivity contribution < 1.29 is 50.7 Å². The van der Waals surface area contributed by atoms with Gasteiger partial charge < -0.3 is 24.8 Å². The zero-order chi connectivity index (χ0) is 31.4. The molecule has 0 heterocycles. The minimum Gasteiger partial charge on any atom is -1.00 e. The summed E-state index contributed by atoms with van der Waals surface area (Å²) in [6.07, 6.45) is 0. The summed E-state index contributed by atoms with van der Waals surface area (Å²) in [5.41, 5.74) is 8.24. The number of hydrogen-bond donors (Lipinski definition) is 0. The number of halogens is 2. The van der Waals surface area contributed by atoms with Crippen LogP contribution in [0.3, 0.4) is 0 Å². The molecule has 0 aliphatic carbocycles. The van der Waals surface area contributed by atoms with Crippen molar-refractivity contribution in [2.24, 2.45) is 0 Å². The first-order valence-electron chi connectivity index (χ1n) is 16.2. The quantitative estimate of drug-likeness (QED) is 0.0959. The van der Waals surface area contributed by atoms with E-state index in [1.54, 1.807) is 10.6 Å². The molecule has 0 amide bonds. The van der Waals surface area contributed by atoms with E-state index in [9.17, 15) is 0 Å². The predicted octanol–water partition coefficient (Wildman–Crippen LogP) is 6.30. The molecule has 0 saturated heterocycles. The minimum atomic E-state index is -0.102. The maximum atomic E-state index is 2.45. The maximum Gasteiger partial charge on any atom is 4.00 e. The van der Waals surface area contributed by atoms with Gasteiger partial charge in [0.05, 0.1) is 0 Å². The summed E-state index contributed by atoms with van der Waals surface area (Å²) in [5.74, 6) is 0. The van der Waals surface area contributed by atoms with E-state index in [1.165, 1.54) is 43.8 Å². The van der Waals surface area contributed by atoms with E-state index in [-0.39, 0.29) is 66.5 Å². The third-order valence-electron chi connectivity index (χ3n) is 8.46. The van der Waals surface area contributed by atoms with Crippen molar-refractivity contribution in [3.63, 3.8) is 0 Å². The van der Waals surface area contributed by atoms with Crippen LogP contribution in [0.4, 0.5) is 0 Å². The fourth-order valence-corrected chi connectivity index (χ4v) is 12.8. The fourth-order valence-electron chi connectivity index (χ4n) is 6.86. The molecule has 0 spiro atoms. The Labute approximate surface area is 318 Å². The predicted molar refractivity (Wildman–Crippen MR) is 204 cm³/mol. The summed E-state index contributed by atoms with van der Waals surface area (Å²) in [6.45, 7) is 18.9. The second-order valence-electron chi connectivity index (χ2n) is 13.0. The zero-order valence-corrected chi connectivity index (χ0v) is 35.9. The van der Waals surface area contributed by atoms with Crippen LogP contribution in [-0.2, 0) is 25.8 Å². The van der Waals surface area contributed by atoms with Gasteiger partial charge in [-0.2, -0.15) is 12.1 Å². The molecule has 0 aromatic heterocycles. The fraction of sp³-hybridized carbons (Fsp3) is 0.286. The molecule has 244 valence electrons. The van der Waals surface area contributed by atoms with Gasteiger partial charge in [0.15, 0.2) is 0 Å². The number of fused-ring (bicyclic) bond motifs is 2. The van der Waals surface area contributed by atoms with Gasteiger partial charge in [-0.25, -0.2) is 0 Å². The van der Waals surface area contributed by atoms with Gasteiger partial charge in [0.1, 0.15) is 0 Å². The van der Waals surface area contributed by atoms with Crippen molar-refractivity contribution in [2.45, 2.75) is 78.0 Å². The summed E-state index contributed by atoms with van der Waals surface area (Å²) < 4.78 is 0. The van der Waals surface area contributed by atoms with E-state index < -0.39 is 0 Å². The molecular formula is C42H48Cl2HfP2. The molecule has 0 unspecified atom stereocenters. The standard InChI is InChI=1S/2C21H24P.2ClH.Hf/c2*1-15(2)22(16(3)4)19-13-18-11-8-12-20(21(18)14-19)17-9-6-5-7-10-17;;;/h2*5-16H,1-4H3;2*1H;/q2*-1;;;+4/p-2. The van der Waals surface area contributed by atoms with Gasteiger partial charge >= 0.3 is 25.8 Å². The molecule has 0 aliphatic heterocycles. The summed E-state index contributed by atoms with van der Waals surface area (Å²) >= 11 is 0. The molecule has 0 saturated carbocycles. The minimum absolute atomic E-state index is 0. The third kappa shape index (κ3) is 9.77. The summed E-state index contributed by atoms with van der Waals surface area (Å²) in [6, 6.07) is 44.5. The first-order valence-corrected chi connectivity index (χ1v) is 19.2. The largest absolute Gasteiger partial charge is 4.00 e. The monoisotopic (exact) mass is 864 g/mol. The molecule has 0 nitrogen and oxygen atoms in total. The topological polar surface area (TPSA) is 0 Å². The van der Waals surface area contributed by atoms with Crippen LogP contribution in [0.1, 0.15) is 55.4 Å². The Morgan fingerprint density at radius 3 is 1.04 bits per heavy atom. The van der Waals surface area contributed by atoms with Crippen molar-refractivity contribution in [3.05, 3.63) is 121 Å². The van der Waals surface area contributed by atoms with Crippen LogP contribution in [0.15, 0.2) is 121 Å². The molecule has 5 heteroatoms. The molecule has 6 aromatic rings. The molecule has 6 aromatic carbocycles. The van der Waals surface area contributed by atoms with Gasteiger partial charge in [0.2, 0.25) is 0 Å². The Morgan fingerprint density at radius 1 is 0.426 bits per heavy atom. The third-order valence-corrected chi connectivity index (χ3v) is 14.6. The van der Waals surface area contributed by atoms with Crippen LogP contribution < -0.4 is 35.4 Å². The molecule has 47 heavy (non-hydrogen) atoms. The normalized spacial score (nSPS) is 11.2. The smallest absolute Gasteiger partial charge is 1.00 e. The first kappa shape index (κ1) is 41.6. The van der Waals surface area contributed by atoms with E-state index >= 15 is 0 Å². The maximum absolute atomic E-state index is 2.45. The van der Waals surface area contributed by atoms with Gasteiger partial charge in [0, 0.05) is 0 Å². The molecule has 0 fully saturated rings. The van der Waals surface area contributed by atoms with E-state index in [1.807, 2.05) is 0 Å². The summed E-state index contributed by atoms with van der Waals surface area (Å²) in [5, 5.41) is 8.67. The van der Waals surface area contributed by atoms with Gasteiger partial charge in [-0.15, -0.1) is 68.6 Å². The first-order chi connectivity index (χ1) is 21.2. The van der Waals surface area contributed by atoms with Gasteiger partial charge in [-0.3, -0.25) is 0 Å². The van der Waals surface area contributed by atoms with Crippen molar-refractivity contribution in [2.75, 3.05) is 0 Å². The van der Waals surface area contributed by atoms with Crippen LogP contribution in [0.2, 0.25) is 0 Å². The van der Waals surface area contributed by atoms with Crippen LogP contribution in [-0.4, -0.2) is 22.6 Å². The number of hydrogen-bond acceptors (Lipinski definition) is 0. The molecule has 0 radical (unpaired) electrons. The molecule has 0 N–H and O–H groups in total. The SMILES string of the molecule is CC(C)P(c1cc2c(-c3ccccc3)cccc2[cH-]1)C(C)C.CC(C)P(c1cc2c(-c3ccccc3)cccc2[cH-]1)C(C)C.[Cl-].[Cl-].[Hf+4]. The Hall–Kier alpha value is -1.59. The Morgan fingerprint density at radius 2 is 0.745 bits per heavy atom. The Kier molecular flexibility index (Phi) is 16.8. The van der Waals surface area contributed by atoms with Crippen molar-refractivity contribution >= 4 is 48.0 Å². The summed E-state index contributed by atoms with van der Waals surface area (Å²) in [7, 11) is -0.204. The van der Waals surface area contributed by atoms with E-state index in [4.69, 9.17) is 0 Å². The van der Waals surface area contributed by atoms with Crippen LogP contribution in [0.5, 0.6) is 0 Å². The molecule has 0 aliphatic rings. The van der Waals surface area contributed by atoms with E-state index in [0.29, 0.717) is 0 Å². The molecular weight excluding hydrogens is 816 g/mol. The second kappa shape index (κ2) is 19.0. The zero-order valence-electron chi connectivity index (χ0n) is 29.0. The van der Waals surface area contributed by atoms with Gasteiger partial charge in [0.25, 0.3) is 0 Å². The van der Waals surface area contributed by atoms with Crippen LogP contribution in [0.25, 0.3) is 43.8 Å². The Bertz CT molecular complexity index is 1640.